The predicted molar refractivity (Wildman–Crippen MR) is 103 cm³/mol. The number of aromatic nitrogens is 2. The summed E-state index contributed by atoms with van der Waals surface area (Å²) in [7, 11) is 0. The first-order valence-electron chi connectivity index (χ1n) is 8.72. The fourth-order valence-electron chi connectivity index (χ4n) is 2.55. The van der Waals surface area contributed by atoms with E-state index < -0.39 is 12.2 Å². The van der Waals surface area contributed by atoms with Crippen molar-refractivity contribution in [2.75, 3.05) is 10.6 Å². The van der Waals surface area contributed by atoms with Crippen molar-refractivity contribution in [2.24, 2.45) is 0 Å². The quantitative estimate of drug-likeness (QED) is 0.511. The summed E-state index contributed by atoms with van der Waals surface area (Å²) in [6.45, 7) is 3.79. The lowest BCUT2D eigenvalue weighted by Gasteiger charge is -2.14. The van der Waals surface area contributed by atoms with Crippen molar-refractivity contribution in [3.05, 3.63) is 60.4 Å². The van der Waals surface area contributed by atoms with E-state index in [-0.39, 0.29) is 17.7 Å². The van der Waals surface area contributed by atoms with Gasteiger partial charge in [-0.15, -0.1) is 13.2 Å². The number of alkyl halides is 3. The van der Waals surface area contributed by atoms with Crippen molar-refractivity contribution >= 4 is 17.5 Å². The van der Waals surface area contributed by atoms with Crippen molar-refractivity contribution in [1.29, 1.82) is 0 Å². The van der Waals surface area contributed by atoms with Crippen LogP contribution in [-0.4, -0.2) is 22.4 Å². The largest absolute Gasteiger partial charge is 0.573 e. The number of halogens is 4. The molecule has 0 atom stereocenters. The molecular weight excluding hydrogens is 388 g/mol. The summed E-state index contributed by atoms with van der Waals surface area (Å²) in [5.74, 6) is -0.141. The number of rotatable bonds is 6. The monoisotopic (exact) mass is 406 g/mol. The fraction of sp³-hybridized carbons (Fsp3) is 0.200. The molecule has 2 N–H and O–H groups in total. The van der Waals surface area contributed by atoms with Crippen LogP contribution in [0.4, 0.5) is 35.0 Å². The molecule has 1 aromatic heterocycles. The fourth-order valence-corrected chi connectivity index (χ4v) is 2.55. The number of benzene rings is 2. The summed E-state index contributed by atoms with van der Waals surface area (Å²) in [5, 5.41) is 6.04. The highest BCUT2D eigenvalue weighted by Gasteiger charge is 2.31. The molecule has 2 aromatic carbocycles. The SMILES string of the molecule is CC(C)Nc1nc(Nc2cccc(F)c2)cc(-c2cccc(OC(F)(F)F)c2)n1. The molecule has 0 aliphatic heterocycles. The third-order valence-corrected chi connectivity index (χ3v) is 3.60. The minimum atomic E-state index is -4.79. The molecule has 3 aromatic rings. The van der Waals surface area contributed by atoms with Gasteiger partial charge in [-0.05, 0) is 44.2 Å². The van der Waals surface area contributed by atoms with Crippen LogP contribution in [0.3, 0.4) is 0 Å². The summed E-state index contributed by atoms with van der Waals surface area (Å²) in [5.41, 5.74) is 1.25. The molecule has 152 valence electrons. The number of nitrogens with zero attached hydrogens (tertiary/aromatic N) is 2. The van der Waals surface area contributed by atoms with Gasteiger partial charge >= 0.3 is 6.36 Å². The molecule has 3 rings (SSSR count). The first kappa shape index (κ1) is 20.4. The maximum absolute atomic E-state index is 13.5. The zero-order valence-electron chi connectivity index (χ0n) is 15.6. The average Bonchev–Trinajstić information content (AvgIpc) is 2.59. The topological polar surface area (TPSA) is 59.1 Å². The van der Waals surface area contributed by atoms with E-state index in [1.54, 1.807) is 24.3 Å². The summed E-state index contributed by atoms with van der Waals surface area (Å²) >= 11 is 0. The van der Waals surface area contributed by atoms with Crippen LogP contribution in [0.15, 0.2) is 54.6 Å². The highest BCUT2D eigenvalue weighted by atomic mass is 19.4. The number of hydrogen-bond donors (Lipinski definition) is 2. The molecule has 0 spiro atoms. The van der Waals surface area contributed by atoms with Gasteiger partial charge in [0.1, 0.15) is 17.4 Å². The van der Waals surface area contributed by atoms with E-state index in [0.29, 0.717) is 22.8 Å². The van der Waals surface area contributed by atoms with E-state index in [4.69, 9.17) is 0 Å². The molecule has 5 nitrogen and oxygen atoms in total. The second-order valence-corrected chi connectivity index (χ2v) is 6.47. The first-order valence-corrected chi connectivity index (χ1v) is 8.72. The second-order valence-electron chi connectivity index (χ2n) is 6.47. The normalized spacial score (nSPS) is 11.4. The van der Waals surface area contributed by atoms with E-state index in [1.165, 1.54) is 30.3 Å². The summed E-state index contributed by atoms with van der Waals surface area (Å²) in [6, 6.07) is 12.9. The van der Waals surface area contributed by atoms with E-state index >= 15 is 0 Å². The number of ether oxygens (including phenoxy) is 1. The Morgan fingerprint density at radius 1 is 0.966 bits per heavy atom. The Morgan fingerprint density at radius 3 is 2.41 bits per heavy atom. The summed E-state index contributed by atoms with van der Waals surface area (Å²) < 4.78 is 55.0. The minimum Gasteiger partial charge on any atom is -0.406 e. The van der Waals surface area contributed by atoms with E-state index in [0.717, 1.165) is 0 Å². The maximum Gasteiger partial charge on any atom is 0.573 e. The molecule has 29 heavy (non-hydrogen) atoms. The first-order chi connectivity index (χ1) is 13.7. The van der Waals surface area contributed by atoms with E-state index in [2.05, 4.69) is 25.3 Å². The second kappa shape index (κ2) is 8.34. The van der Waals surface area contributed by atoms with Crippen molar-refractivity contribution < 1.29 is 22.3 Å². The molecule has 0 aliphatic carbocycles. The molecule has 0 amide bonds. The third-order valence-electron chi connectivity index (χ3n) is 3.60. The van der Waals surface area contributed by atoms with Gasteiger partial charge in [0, 0.05) is 23.4 Å². The van der Waals surface area contributed by atoms with Gasteiger partial charge in [0.15, 0.2) is 0 Å². The zero-order chi connectivity index (χ0) is 21.0. The van der Waals surface area contributed by atoms with Crippen LogP contribution in [0.25, 0.3) is 11.3 Å². The van der Waals surface area contributed by atoms with E-state index in [1.807, 2.05) is 13.8 Å². The maximum atomic E-state index is 13.5. The molecule has 1 heterocycles. The molecular formula is C20H18F4N4O. The molecule has 9 heteroatoms. The molecule has 0 unspecified atom stereocenters. The van der Waals surface area contributed by atoms with Gasteiger partial charge in [-0.3, -0.25) is 0 Å². The van der Waals surface area contributed by atoms with Gasteiger partial charge in [0.2, 0.25) is 5.95 Å². The average molecular weight is 406 g/mol. The van der Waals surface area contributed by atoms with Crippen LogP contribution < -0.4 is 15.4 Å². The van der Waals surface area contributed by atoms with E-state index in [9.17, 15) is 17.6 Å². The molecule has 0 fully saturated rings. The highest BCUT2D eigenvalue weighted by Crippen LogP contribution is 2.29. The smallest absolute Gasteiger partial charge is 0.406 e. The number of anilines is 3. The zero-order valence-corrected chi connectivity index (χ0v) is 15.6. The number of hydrogen-bond acceptors (Lipinski definition) is 5. The molecule has 0 saturated carbocycles. The van der Waals surface area contributed by atoms with Crippen LogP contribution >= 0.6 is 0 Å². The molecule has 0 aliphatic rings. The lowest BCUT2D eigenvalue weighted by molar-refractivity contribution is -0.274. The van der Waals surface area contributed by atoms with Gasteiger partial charge in [-0.25, -0.2) is 9.37 Å². The van der Waals surface area contributed by atoms with Crippen LogP contribution in [0.1, 0.15) is 13.8 Å². The van der Waals surface area contributed by atoms with Crippen molar-refractivity contribution in [3.8, 4) is 17.0 Å². The van der Waals surface area contributed by atoms with Crippen molar-refractivity contribution in [1.82, 2.24) is 9.97 Å². The number of nitrogens with one attached hydrogen (secondary N) is 2. The summed E-state index contributed by atoms with van der Waals surface area (Å²) in [6.07, 6.45) is -4.79. The highest BCUT2D eigenvalue weighted by molar-refractivity contribution is 5.68. The van der Waals surface area contributed by atoms with Crippen molar-refractivity contribution in [3.63, 3.8) is 0 Å². The Labute approximate surface area is 164 Å². The third kappa shape index (κ3) is 6.06. The lowest BCUT2D eigenvalue weighted by atomic mass is 10.1. The van der Waals surface area contributed by atoms with Gasteiger partial charge in [-0.1, -0.05) is 18.2 Å². The van der Waals surface area contributed by atoms with Gasteiger partial charge in [0.25, 0.3) is 0 Å². The van der Waals surface area contributed by atoms with Crippen LogP contribution in [-0.2, 0) is 0 Å². The van der Waals surface area contributed by atoms with Crippen LogP contribution in [0, 0.1) is 5.82 Å². The standard InChI is InChI=1S/C20H18F4N4O/c1-12(2)25-19-27-17(13-5-3-8-16(9-13)29-20(22,23)24)11-18(28-19)26-15-7-4-6-14(21)10-15/h3-12H,1-2H3,(H2,25,26,27,28). The Kier molecular flexibility index (Phi) is 5.86. The summed E-state index contributed by atoms with van der Waals surface area (Å²) in [4.78, 5) is 8.71. The lowest BCUT2D eigenvalue weighted by Crippen LogP contribution is -2.17. The van der Waals surface area contributed by atoms with Gasteiger partial charge < -0.3 is 15.4 Å². The Balaban J connectivity index is 1.98. The molecule has 0 radical (unpaired) electrons. The minimum absolute atomic E-state index is 0.0205. The Hall–Kier alpha value is -3.36. The Morgan fingerprint density at radius 2 is 1.72 bits per heavy atom. The van der Waals surface area contributed by atoms with Crippen molar-refractivity contribution in [2.45, 2.75) is 26.3 Å². The van der Waals surface area contributed by atoms with Gasteiger partial charge in [0.05, 0.1) is 5.69 Å². The van der Waals surface area contributed by atoms with Gasteiger partial charge in [-0.2, -0.15) is 4.98 Å². The predicted octanol–water partition coefficient (Wildman–Crippen LogP) is 5.75. The van der Waals surface area contributed by atoms with Crippen LogP contribution in [0.2, 0.25) is 0 Å². The van der Waals surface area contributed by atoms with Crippen LogP contribution in [0.5, 0.6) is 5.75 Å². The molecule has 0 bridgehead atoms. The molecule has 0 saturated heterocycles. The Bertz CT molecular complexity index is 992.